The van der Waals surface area contributed by atoms with Crippen LogP contribution >= 0.6 is 0 Å². The maximum Gasteiger partial charge on any atom is 0.331 e. The smallest absolute Gasteiger partial charge is 0.331 e. The Bertz CT molecular complexity index is 3000. The summed E-state index contributed by atoms with van der Waals surface area (Å²) in [5, 5.41) is 54.9. The first-order chi connectivity index (χ1) is 31.7. The zero-order chi connectivity index (χ0) is 47.0. The summed E-state index contributed by atoms with van der Waals surface area (Å²) in [6.45, 7) is 10.1. The highest BCUT2D eigenvalue weighted by Gasteiger charge is 2.90. The highest BCUT2D eigenvalue weighted by atomic mass is 16.4. The lowest BCUT2D eigenvalue weighted by Crippen LogP contribution is -2.73. The van der Waals surface area contributed by atoms with Crippen molar-refractivity contribution in [1.29, 1.82) is 0 Å². The first-order valence-corrected chi connectivity index (χ1v) is 24.8. The van der Waals surface area contributed by atoms with E-state index in [1.165, 1.54) is 5.56 Å². The van der Waals surface area contributed by atoms with Crippen LogP contribution in [0, 0.1) is 68.5 Å². The molecule has 1 aromatic carbocycles. The SMILES string of the molecule is C/C(C(=O)O)=C1/CC[C@]2(N=C(N)N)C=C[C@]34[C@H](C)[C@@H]2[C@@]1(O)C1=CCC2=C1[C@H]3[C@@]1(O)C(=C[C@]3(O)C5=C6C(=O)C[C@@]4(C)[C@]51CCC#CC[C@]1(C)C(=O)CC[C@@]6(C)[C@@H]1[C@H]3C1=Cc3ccccc3CC1)C2. The van der Waals surface area contributed by atoms with Gasteiger partial charge in [-0.05, 0) is 121 Å². The van der Waals surface area contributed by atoms with E-state index < -0.39 is 85.0 Å². The molecule has 0 unspecified atom stereocenters. The Balaban J connectivity index is 1.20. The third-order valence-corrected chi connectivity index (χ3v) is 21.7. The number of guanidine groups is 1. The van der Waals surface area contributed by atoms with Gasteiger partial charge in [0.25, 0.3) is 0 Å². The van der Waals surface area contributed by atoms with Gasteiger partial charge in [-0.25, -0.2) is 9.79 Å². The summed E-state index contributed by atoms with van der Waals surface area (Å²) < 4.78 is 0. The molecule has 0 aliphatic heterocycles. The Kier molecular flexibility index (Phi) is 7.77. The summed E-state index contributed by atoms with van der Waals surface area (Å²) in [5.41, 5.74) is 9.32. The number of aliphatic carboxylic acids is 1. The van der Waals surface area contributed by atoms with E-state index in [4.69, 9.17) is 16.5 Å². The van der Waals surface area contributed by atoms with Gasteiger partial charge in [-0.3, -0.25) is 9.59 Å². The Morgan fingerprint density at radius 3 is 2.46 bits per heavy atom. The van der Waals surface area contributed by atoms with E-state index in [0.29, 0.717) is 73.7 Å². The zero-order valence-electron chi connectivity index (χ0n) is 39.2. The highest BCUT2D eigenvalue weighted by molar-refractivity contribution is 6.03. The molecule has 0 amide bonds. The predicted molar refractivity (Wildman–Crippen MR) is 252 cm³/mol. The second-order valence-electron chi connectivity index (χ2n) is 23.7. The van der Waals surface area contributed by atoms with Crippen LogP contribution in [0.1, 0.15) is 116 Å². The Hall–Kier alpha value is -5.08. The summed E-state index contributed by atoms with van der Waals surface area (Å²) in [6, 6.07) is 8.40. The van der Waals surface area contributed by atoms with Gasteiger partial charge in [-0.1, -0.05) is 87.4 Å². The molecule has 10 nitrogen and oxygen atoms in total. The van der Waals surface area contributed by atoms with Crippen molar-refractivity contribution in [2.45, 2.75) is 134 Å². The van der Waals surface area contributed by atoms with Crippen LogP contribution in [0.3, 0.4) is 0 Å². The Morgan fingerprint density at radius 1 is 0.925 bits per heavy atom. The monoisotopic (exact) mass is 899 g/mol. The normalized spacial score (nSPS) is 48.2. The van der Waals surface area contributed by atoms with Gasteiger partial charge < -0.3 is 31.9 Å². The minimum Gasteiger partial charge on any atom is -0.478 e. The standard InChI is InChI=1S/C57H61N3O7/c1-29(47(63)64)36-17-22-52(60-48(58)59)23-24-53-30(2)43(52)56(36,66)37-16-15-33-26-35-27-54(65)41(34-14-13-31-11-7-8-12-32(31)25-34)45-49(3)19-9-6-10-20-55(57(35,67)44(53)40(33)37)46(54)42(38(61)28-51(53,55)5)50(45,4)21-18-39(49)62/h7-8,11-12,16,23-25,27,30,41,43-45,65-67H,10,13-15,17-22,26,28H2,1-5H3,(H,63,64)(H4,58,59,60)/b36-29+/t30-,41-,43+,44-,45-,49-,50-,51-,52+,53+,54-,55+,56+,57+/m1/s1. The molecular weight excluding hydrogens is 839 g/mol. The fourth-order valence-electron chi connectivity index (χ4n) is 19.8. The van der Waals surface area contributed by atoms with Crippen molar-refractivity contribution in [3.63, 3.8) is 0 Å². The lowest BCUT2D eigenvalue weighted by atomic mass is 9.32. The number of hydrogen-bond donors (Lipinski definition) is 6. The number of nitrogens with two attached hydrogens (primary N) is 2. The maximum atomic E-state index is 16.4. The third kappa shape index (κ3) is 4.18. The molecule has 10 heteroatoms. The van der Waals surface area contributed by atoms with Gasteiger partial charge in [0.2, 0.25) is 0 Å². The molecule has 0 aromatic heterocycles. The molecule has 14 atom stereocenters. The Morgan fingerprint density at radius 2 is 1.70 bits per heavy atom. The number of hydrogen-bond acceptors (Lipinski definition) is 7. The molecule has 4 fully saturated rings. The van der Waals surface area contributed by atoms with Crippen LogP contribution in [-0.4, -0.2) is 66.3 Å². The Labute approximate surface area is 391 Å². The lowest BCUT2D eigenvalue weighted by Gasteiger charge is -2.71. The van der Waals surface area contributed by atoms with Gasteiger partial charge in [0.15, 0.2) is 11.7 Å². The molecule has 1 aromatic rings. The first-order valence-electron chi connectivity index (χ1n) is 24.8. The number of benzene rings is 1. The number of carboxylic acids is 1. The van der Waals surface area contributed by atoms with Crippen LogP contribution in [0.15, 0.2) is 104 Å². The van der Waals surface area contributed by atoms with E-state index in [9.17, 15) is 24.9 Å². The molecule has 4 saturated carbocycles. The number of carbonyl (C=O) groups excluding carboxylic acids is 2. The average molecular weight is 900 g/mol. The van der Waals surface area contributed by atoms with Crippen molar-refractivity contribution in [3.05, 3.63) is 110 Å². The number of carbonyl (C=O) groups is 3. The number of rotatable bonds is 3. The van der Waals surface area contributed by atoms with E-state index in [1.54, 1.807) is 6.92 Å². The predicted octanol–water partition coefficient (Wildman–Crippen LogP) is 6.91. The van der Waals surface area contributed by atoms with Crippen molar-refractivity contribution >= 4 is 29.6 Å². The van der Waals surface area contributed by atoms with E-state index in [2.05, 4.69) is 76.0 Å². The maximum absolute atomic E-state index is 16.4. The van der Waals surface area contributed by atoms with Crippen molar-refractivity contribution in [2.24, 2.45) is 73.1 Å². The number of aliphatic hydroxyl groups is 3. The highest BCUT2D eigenvalue weighted by Crippen LogP contribution is 2.90. The summed E-state index contributed by atoms with van der Waals surface area (Å²) >= 11 is 0. The number of fused-ring (bicyclic) bond motifs is 3. The number of carboxylic acid groups (broad SMARTS) is 1. The van der Waals surface area contributed by atoms with Gasteiger partial charge in [-0.15, -0.1) is 11.8 Å². The van der Waals surface area contributed by atoms with E-state index in [-0.39, 0.29) is 42.4 Å². The summed E-state index contributed by atoms with van der Waals surface area (Å²) in [4.78, 5) is 49.3. The molecule has 8 N–H and O–H groups in total. The second kappa shape index (κ2) is 12.4. The summed E-state index contributed by atoms with van der Waals surface area (Å²) in [5.74, 6) is 2.75. The molecule has 0 saturated heterocycles. The van der Waals surface area contributed by atoms with Crippen LogP contribution in [0.5, 0.6) is 0 Å². The fraction of sp³-hybridized carbons (Fsp3) is 0.544. The van der Waals surface area contributed by atoms with Gasteiger partial charge in [0.1, 0.15) is 22.6 Å². The van der Waals surface area contributed by atoms with E-state index in [1.807, 2.05) is 18.2 Å². The van der Waals surface area contributed by atoms with Gasteiger partial charge in [0.05, 0.1) is 5.54 Å². The van der Waals surface area contributed by atoms with Crippen LogP contribution in [0.2, 0.25) is 0 Å². The van der Waals surface area contributed by atoms with Crippen molar-refractivity contribution in [1.82, 2.24) is 0 Å². The number of aliphatic imine (C=N–C) groups is 1. The topological polar surface area (TPSA) is 197 Å². The van der Waals surface area contributed by atoms with Crippen molar-refractivity contribution < 1.29 is 34.8 Å². The molecule has 2 spiro atoms. The van der Waals surface area contributed by atoms with E-state index in [0.717, 1.165) is 34.3 Å². The number of aryl methyl sites for hydroxylation is 1. The molecule has 346 valence electrons. The molecular formula is C57H61N3O7. The average Bonchev–Trinajstić information content (AvgIpc) is 3.72. The second-order valence-corrected chi connectivity index (χ2v) is 23.7. The summed E-state index contributed by atoms with van der Waals surface area (Å²) in [6.07, 6.45) is 15.2. The quantitative estimate of drug-likeness (QED) is 0.0614. The van der Waals surface area contributed by atoms with Gasteiger partial charge in [-0.2, -0.15) is 0 Å². The van der Waals surface area contributed by atoms with Gasteiger partial charge >= 0.3 is 5.97 Å². The van der Waals surface area contributed by atoms with Crippen molar-refractivity contribution in [3.8, 4) is 11.8 Å². The summed E-state index contributed by atoms with van der Waals surface area (Å²) in [7, 11) is 0. The fourth-order valence-corrected chi connectivity index (χ4v) is 19.8. The van der Waals surface area contributed by atoms with Gasteiger partial charge in [0, 0.05) is 76.2 Å². The van der Waals surface area contributed by atoms with Crippen LogP contribution in [0.25, 0.3) is 6.08 Å². The largest absolute Gasteiger partial charge is 0.478 e. The van der Waals surface area contributed by atoms with Crippen LogP contribution in [-0.2, 0) is 20.8 Å². The lowest BCUT2D eigenvalue weighted by molar-refractivity contribution is -0.174. The zero-order valence-corrected chi connectivity index (χ0v) is 39.2. The third-order valence-electron chi connectivity index (χ3n) is 21.7. The van der Waals surface area contributed by atoms with E-state index >= 15 is 9.90 Å². The number of allylic oxidation sites excluding steroid dienone is 4. The first kappa shape index (κ1) is 42.1. The molecule has 12 aliphatic carbocycles. The molecule has 6 bridgehead atoms. The molecule has 13 rings (SSSR count). The molecule has 12 aliphatic rings. The molecule has 67 heavy (non-hydrogen) atoms. The van der Waals surface area contributed by atoms with Crippen LogP contribution < -0.4 is 11.5 Å². The molecule has 0 heterocycles. The minimum atomic E-state index is -1.84. The number of ketones is 2. The number of Topliss-reactive ketones (excluding diaryl/α,β-unsaturated/α-hetero) is 2. The van der Waals surface area contributed by atoms with Crippen LogP contribution in [0.4, 0.5) is 0 Å². The molecule has 0 radical (unpaired) electrons. The number of nitrogens with zero attached hydrogens (tertiary/aromatic N) is 1. The minimum absolute atomic E-state index is 0.0583. The van der Waals surface area contributed by atoms with Crippen molar-refractivity contribution in [2.75, 3.05) is 0 Å².